The third kappa shape index (κ3) is 21.6. The molecule has 0 aromatic carbocycles. The fourth-order valence-electron chi connectivity index (χ4n) is 1.28. The molecule has 162 valence electrons. The Balaban J connectivity index is 3.52. The maximum atomic E-state index is 11.6. The van der Waals surface area contributed by atoms with E-state index in [1.807, 2.05) is 20.8 Å². The van der Waals surface area contributed by atoms with E-state index >= 15 is 0 Å². The molecule has 0 aromatic rings. The monoisotopic (exact) mass is 416 g/mol. The number of phosphoric ester groups is 1. The van der Waals surface area contributed by atoms with Crippen molar-refractivity contribution < 1.29 is 48.1 Å². The Labute approximate surface area is 160 Å². The second-order valence-electron chi connectivity index (χ2n) is 7.89. The number of hydrogen-bond acceptors (Lipinski definition) is 9. The summed E-state index contributed by atoms with van der Waals surface area (Å²) < 4.78 is 26.5. The normalized spacial score (nSPS) is 15.2. The van der Waals surface area contributed by atoms with E-state index < -0.39 is 7.82 Å². The van der Waals surface area contributed by atoms with E-state index in [-0.39, 0.29) is 30.7 Å². The predicted octanol–water partition coefficient (Wildman–Crippen LogP) is 3.88. The molecule has 0 saturated carbocycles. The van der Waals surface area contributed by atoms with Crippen molar-refractivity contribution >= 4 is 7.82 Å². The zero-order chi connectivity index (χ0) is 20.8. The Morgan fingerprint density at radius 2 is 1.56 bits per heavy atom. The standard InChI is InChI=1S/C16H33O10P/c1-15(2,3)8-11-20-24-26-25-21-12-13-23-27(17,18)22-10-7-9-19-14-16(4,5)6/h8,11H,7,9-10,12-14H2,1-6H3,(H,17,18)/b11-8+. The van der Waals surface area contributed by atoms with Gasteiger partial charge in [-0.25, -0.2) is 9.45 Å². The van der Waals surface area contributed by atoms with Gasteiger partial charge < -0.3 is 14.5 Å². The van der Waals surface area contributed by atoms with Gasteiger partial charge in [-0.15, -0.1) is 0 Å². The molecule has 0 heterocycles. The first-order valence-electron chi connectivity index (χ1n) is 8.57. The Hall–Kier alpha value is -0.550. The minimum Gasteiger partial charge on any atom is -0.381 e. The van der Waals surface area contributed by atoms with Gasteiger partial charge in [0.1, 0.15) is 12.9 Å². The molecule has 27 heavy (non-hydrogen) atoms. The van der Waals surface area contributed by atoms with Crippen molar-refractivity contribution in [2.75, 3.05) is 33.0 Å². The van der Waals surface area contributed by atoms with Gasteiger partial charge in [0.15, 0.2) is 0 Å². The second kappa shape index (κ2) is 13.6. The predicted molar refractivity (Wildman–Crippen MR) is 95.5 cm³/mol. The van der Waals surface area contributed by atoms with Gasteiger partial charge in [-0.05, 0) is 28.4 Å². The van der Waals surface area contributed by atoms with Crippen LogP contribution in [0, 0.1) is 10.8 Å². The molecular weight excluding hydrogens is 383 g/mol. The molecule has 1 N–H and O–H groups in total. The van der Waals surface area contributed by atoms with Crippen LogP contribution < -0.4 is 0 Å². The zero-order valence-corrected chi connectivity index (χ0v) is 17.9. The first kappa shape index (κ1) is 26.4. The summed E-state index contributed by atoms with van der Waals surface area (Å²) in [6, 6.07) is 0. The van der Waals surface area contributed by atoms with Crippen molar-refractivity contribution in [2.45, 2.75) is 48.0 Å². The van der Waals surface area contributed by atoms with Gasteiger partial charge in [-0.3, -0.25) is 9.05 Å². The fraction of sp³-hybridized carbons (Fsp3) is 0.875. The molecule has 0 bridgehead atoms. The topological polar surface area (TPSA) is 111 Å². The maximum Gasteiger partial charge on any atom is 0.472 e. The SMILES string of the molecule is CC(C)(C)/C=C/OOOOOCCOP(=O)(O)OCCCOCC(C)(C)C. The van der Waals surface area contributed by atoms with Gasteiger partial charge >= 0.3 is 7.82 Å². The molecule has 1 atom stereocenters. The largest absolute Gasteiger partial charge is 0.472 e. The molecule has 0 radical (unpaired) electrons. The van der Waals surface area contributed by atoms with Gasteiger partial charge in [-0.2, -0.15) is 0 Å². The van der Waals surface area contributed by atoms with E-state index in [9.17, 15) is 9.46 Å². The van der Waals surface area contributed by atoms with Crippen LogP contribution >= 0.6 is 7.82 Å². The highest BCUT2D eigenvalue weighted by Gasteiger charge is 2.20. The van der Waals surface area contributed by atoms with Crippen LogP contribution in [0.5, 0.6) is 0 Å². The third-order valence-electron chi connectivity index (χ3n) is 2.41. The summed E-state index contributed by atoms with van der Waals surface area (Å²) in [4.78, 5) is 18.4. The van der Waals surface area contributed by atoms with E-state index in [1.165, 1.54) is 6.26 Å². The Morgan fingerprint density at radius 3 is 2.19 bits per heavy atom. The molecule has 0 aromatic heterocycles. The number of phosphoric acid groups is 1. The first-order chi connectivity index (χ1) is 12.4. The highest BCUT2D eigenvalue weighted by molar-refractivity contribution is 7.47. The summed E-state index contributed by atoms with van der Waals surface area (Å²) >= 11 is 0. The average molecular weight is 416 g/mol. The van der Waals surface area contributed by atoms with Gasteiger partial charge in [0.05, 0.1) is 19.8 Å². The van der Waals surface area contributed by atoms with Crippen LogP contribution in [0.25, 0.3) is 0 Å². The quantitative estimate of drug-likeness (QED) is 0.139. The minimum absolute atomic E-state index is 0.0334. The average Bonchev–Trinajstić information content (AvgIpc) is 2.50. The summed E-state index contributed by atoms with van der Waals surface area (Å²) in [6.07, 6.45) is 3.49. The lowest BCUT2D eigenvalue weighted by molar-refractivity contribution is -0.700. The molecular formula is C16H33O10P. The minimum atomic E-state index is -4.16. The maximum absolute atomic E-state index is 11.6. The third-order valence-corrected chi connectivity index (χ3v) is 3.43. The lowest BCUT2D eigenvalue weighted by Crippen LogP contribution is -2.15. The Bertz CT molecular complexity index is 441. The lowest BCUT2D eigenvalue weighted by Gasteiger charge is -2.18. The highest BCUT2D eigenvalue weighted by atomic mass is 31.2. The van der Waals surface area contributed by atoms with Crippen LogP contribution in [0.4, 0.5) is 0 Å². The Kier molecular flexibility index (Phi) is 13.3. The summed E-state index contributed by atoms with van der Waals surface area (Å²) in [5, 5.41) is 12.4. The number of rotatable bonds is 15. The molecule has 0 amide bonds. The molecule has 11 heteroatoms. The van der Waals surface area contributed by atoms with Crippen LogP contribution in [-0.2, 0) is 43.2 Å². The van der Waals surface area contributed by atoms with E-state index in [0.29, 0.717) is 19.6 Å². The fourth-order valence-corrected chi connectivity index (χ4v) is 2.02. The summed E-state index contributed by atoms with van der Waals surface area (Å²) in [7, 11) is -4.16. The molecule has 0 spiro atoms. The smallest absolute Gasteiger partial charge is 0.381 e. The number of ether oxygens (including phenoxy) is 1. The molecule has 0 rings (SSSR count). The van der Waals surface area contributed by atoms with E-state index in [4.69, 9.17) is 9.26 Å². The summed E-state index contributed by atoms with van der Waals surface area (Å²) in [5.41, 5.74) is 0.000124. The molecule has 1 unspecified atom stereocenters. The van der Waals surface area contributed by atoms with Gasteiger partial charge in [0.2, 0.25) is 0 Å². The summed E-state index contributed by atoms with van der Waals surface area (Å²) in [6.45, 7) is 12.7. The van der Waals surface area contributed by atoms with E-state index in [1.54, 1.807) is 6.08 Å². The molecule has 0 fully saturated rings. The second-order valence-corrected chi connectivity index (χ2v) is 9.35. The van der Waals surface area contributed by atoms with Crippen molar-refractivity contribution in [3.8, 4) is 0 Å². The van der Waals surface area contributed by atoms with Crippen LogP contribution in [0.3, 0.4) is 0 Å². The molecule has 0 aliphatic rings. The number of allylic oxidation sites excluding steroid dienone is 1. The van der Waals surface area contributed by atoms with Crippen molar-refractivity contribution in [2.24, 2.45) is 10.8 Å². The van der Waals surface area contributed by atoms with Crippen molar-refractivity contribution in [3.05, 3.63) is 12.3 Å². The zero-order valence-electron chi connectivity index (χ0n) is 17.0. The Morgan fingerprint density at radius 1 is 0.889 bits per heavy atom. The van der Waals surface area contributed by atoms with Crippen LogP contribution in [0.15, 0.2) is 12.3 Å². The van der Waals surface area contributed by atoms with E-state index in [2.05, 4.69) is 50.2 Å². The van der Waals surface area contributed by atoms with Gasteiger partial charge in [-0.1, -0.05) is 41.5 Å². The van der Waals surface area contributed by atoms with Crippen LogP contribution in [0.1, 0.15) is 48.0 Å². The van der Waals surface area contributed by atoms with Crippen LogP contribution in [-0.4, -0.2) is 37.9 Å². The molecule has 0 aliphatic heterocycles. The van der Waals surface area contributed by atoms with Crippen molar-refractivity contribution in [3.63, 3.8) is 0 Å². The molecule has 10 nitrogen and oxygen atoms in total. The summed E-state index contributed by atoms with van der Waals surface area (Å²) in [5.74, 6) is 0. The molecule has 0 aliphatic carbocycles. The van der Waals surface area contributed by atoms with E-state index in [0.717, 1.165) is 0 Å². The van der Waals surface area contributed by atoms with Crippen molar-refractivity contribution in [1.29, 1.82) is 0 Å². The lowest BCUT2D eigenvalue weighted by atomic mass is 9.97. The van der Waals surface area contributed by atoms with Crippen LogP contribution in [0.2, 0.25) is 0 Å². The van der Waals surface area contributed by atoms with Gasteiger partial charge in [0, 0.05) is 16.7 Å². The van der Waals surface area contributed by atoms with Crippen molar-refractivity contribution in [1.82, 2.24) is 0 Å². The number of hydrogen-bond donors (Lipinski definition) is 1. The first-order valence-corrected chi connectivity index (χ1v) is 10.1. The highest BCUT2D eigenvalue weighted by Crippen LogP contribution is 2.42. The molecule has 0 saturated heterocycles. The van der Waals surface area contributed by atoms with Gasteiger partial charge in [0.25, 0.3) is 0 Å².